The second-order valence-electron chi connectivity index (χ2n) is 8.61. The minimum Gasteiger partial charge on any atom is -0.388 e. The summed E-state index contributed by atoms with van der Waals surface area (Å²) in [5.41, 5.74) is 0. The number of ether oxygens (including phenoxy) is 1. The fraction of sp³-hybridized carbons (Fsp3) is 0.783. The fourth-order valence-electron chi connectivity index (χ4n) is 4.59. The Balaban J connectivity index is 1.81. The molecule has 1 heterocycles. The molecule has 5 nitrogen and oxygen atoms in total. The first-order valence-corrected chi connectivity index (χ1v) is 12.2. The molecule has 2 aliphatic rings. The molecule has 0 bridgehead atoms. The molecule has 1 saturated carbocycles. The van der Waals surface area contributed by atoms with Gasteiger partial charge in [0.25, 0.3) is 0 Å². The highest BCUT2D eigenvalue weighted by atomic mass is 127. The number of halogens is 1. The highest BCUT2D eigenvalue weighted by molar-refractivity contribution is 14.1. The van der Waals surface area contributed by atoms with Gasteiger partial charge >= 0.3 is 0 Å². The van der Waals surface area contributed by atoms with Crippen molar-refractivity contribution in [1.82, 2.24) is 0 Å². The Kier molecular flexibility index (Phi) is 10.3. The van der Waals surface area contributed by atoms with Crippen molar-refractivity contribution in [1.29, 1.82) is 0 Å². The summed E-state index contributed by atoms with van der Waals surface area (Å²) in [7, 11) is 0. The van der Waals surface area contributed by atoms with Gasteiger partial charge in [-0.3, -0.25) is 4.79 Å². The van der Waals surface area contributed by atoms with Crippen LogP contribution in [-0.2, 0) is 9.53 Å². The van der Waals surface area contributed by atoms with Crippen molar-refractivity contribution in [3.05, 3.63) is 24.8 Å². The van der Waals surface area contributed by atoms with Crippen molar-refractivity contribution in [2.75, 3.05) is 6.61 Å². The van der Waals surface area contributed by atoms with Gasteiger partial charge in [-0.05, 0) is 56.3 Å². The number of unbranched alkanes of at least 4 members (excludes halogenated alkanes) is 1. The zero-order chi connectivity index (χ0) is 21.4. The van der Waals surface area contributed by atoms with Crippen LogP contribution in [0.25, 0.3) is 0 Å². The quantitative estimate of drug-likeness (QED) is 0.148. The molecular weight excluding hydrogens is 483 g/mol. The Morgan fingerprint density at radius 3 is 2.76 bits per heavy atom. The number of ketones is 1. The lowest BCUT2D eigenvalue weighted by Crippen LogP contribution is -2.41. The number of carbonyl (C=O) groups is 1. The Morgan fingerprint density at radius 2 is 2.10 bits per heavy atom. The first-order chi connectivity index (χ1) is 13.8. The smallest absolute Gasteiger partial charge is 0.226 e. The number of aliphatic hydroxyl groups excluding tert-OH is 1. The van der Waals surface area contributed by atoms with Gasteiger partial charge in [0.05, 0.1) is 12.2 Å². The number of hydrogen-bond donors (Lipinski definition) is 3. The molecule has 0 aromatic carbocycles. The number of hydrogen-bond acceptors (Lipinski definition) is 5. The predicted octanol–water partition coefficient (Wildman–Crippen LogP) is 3.93. The Bertz CT molecular complexity index is 561. The molecule has 3 N–H and O–H groups in total. The number of rotatable bonds is 13. The van der Waals surface area contributed by atoms with Gasteiger partial charge in [-0.2, -0.15) is 0 Å². The van der Waals surface area contributed by atoms with E-state index in [1.807, 2.05) is 0 Å². The lowest BCUT2D eigenvalue weighted by molar-refractivity contribution is -0.188. The SMILES string of the molecule is C=C[C@H](CC=C[C@H]1CC[C@H]2O[C@@H](C(I)CCC(O)(O)C(=O)CO)C[C@H]12)CCCC. The van der Waals surface area contributed by atoms with Gasteiger partial charge in [0.1, 0.15) is 6.61 Å². The van der Waals surface area contributed by atoms with Gasteiger partial charge in [-0.15, -0.1) is 6.58 Å². The molecule has 2 rings (SSSR count). The zero-order valence-electron chi connectivity index (χ0n) is 17.5. The Morgan fingerprint density at radius 1 is 1.34 bits per heavy atom. The summed E-state index contributed by atoms with van der Waals surface area (Å²) in [6.45, 7) is 5.33. The monoisotopic (exact) mass is 520 g/mol. The Labute approximate surface area is 188 Å². The second kappa shape index (κ2) is 11.9. The largest absolute Gasteiger partial charge is 0.388 e. The van der Waals surface area contributed by atoms with E-state index in [1.54, 1.807) is 0 Å². The number of allylic oxidation sites excluding steroid dienone is 3. The maximum Gasteiger partial charge on any atom is 0.226 e. The highest BCUT2D eigenvalue weighted by Crippen LogP contribution is 2.46. The molecule has 1 saturated heterocycles. The van der Waals surface area contributed by atoms with Crippen LogP contribution in [0.3, 0.4) is 0 Å². The molecule has 0 spiro atoms. The molecule has 0 aromatic heterocycles. The van der Waals surface area contributed by atoms with E-state index >= 15 is 0 Å². The van der Waals surface area contributed by atoms with Crippen LogP contribution >= 0.6 is 22.6 Å². The van der Waals surface area contributed by atoms with Crippen LogP contribution in [0.1, 0.15) is 64.7 Å². The second-order valence-corrected chi connectivity index (χ2v) is 10.2. The predicted molar refractivity (Wildman–Crippen MR) is 123 cm³/mol. The normalized spacial score (nSPS) is 29.1. The molecule has 2 fully saturated rings. The first kappa shape index (κ1) is 25.0. The summed E-state index contributed by atoms with van der Waals surface area (Å²) in [6.07, 6.45) is 15.5. The lowest BCUT2D eigenvalue weighted by atomic mass is 9.89. The van der Waals surface area contributed by atoms with Gasteiger partial charge in [-0.25, -0.2) is 0 Å². The average molecular weight is 520 g/mol. The number of Topliss-reactive ketones (excluding diaryl/α,β-unsaturated/α-hetero) is 1. The molecule has 6 atom stereocenters. The van der Waals surface area contributed by atoms with Gasteiger partial charge < -0.3 is 20.1 Å². The van der Waals surface area contributed by atoms with E-state index in [4.69, 9.17) is 9.84 Å². The Hall–Kier alpha value is -0.280. The van der Waals surface area contributed by atoms with Crippen LogP contribution in [0.2, 0.25) is 0 Å². The first-order valence-electron chi connectivity index (χ1n) is 11.0. The molecule has 0 radical (unpaired) electrons. The van der Waals surface area contributed by atoms with Crippen LogP contribution in [0, 0.1) is 17.8 Å². The van der Waals surface area contributed by atoms with E-state index in [2.05, 4.69) is 54.3 Å². The molecule has 0 amide bonds. The summed E-state index contributed by atoms with van der Waals surface area (Å²) in [6, 6.07) is 0. The van der Waals surface area contributed by atoms with Crippen molar-refractivity contribution in [2.45, 2.75) is 86.6 Å². The van der Waals surface area contributed by atoms with E-state index in [9.17, 15) is 15.0 Å². The molecule has 0 aromatic rings. The van der Waals surface area contributed by atoms with Gasteiger partial charge in [-0.1, -0.05) is 60.6 Å². The van der Waals surface area contributed by atoms with Crippen molar-refractivity contribution in [3.8, 4) is 0 Å². The minimum atomic E-state index is -2.45. The van der Waals surface area contributed by atoms with Crippen molar-refractivity contribution in [3.63, 3.8) is 0 Å². The fourth-order valence-corrected chi connectivity index (χ4v) is 5.37. The lowest BCUT2D eigenvalue weighted by Gasteiger charge is -2.24. The van der Waals surface area contributed by atoms with E-state index in [0.29, 0.717) is 24.2 Å². The maximum atomic E-state index is 11.4. The molecule has 29 heavy (non-hydrogen) atoms. The van der Waals surface area contributed by atoms with E-state index < -0.39 is 18.2 Å². The summed E-state index contributed by atoms with van der Waals surface area (Å²) >= 11 is 2.29. The average Bonchev–Trinajstić information content (AvgIpc) is 3.29. The third kappa shape index (κ3) is 7.13. The standard InChI is InChI=1S/C23H37IO5/c1-3-5-7-16(4-2)8-6-9-17-10-11-20-18(17)14-21(29-20)19(24)12-13-23(27,28)22(26)15-25/h4,6,9,16-21,25,27-28H,2-3,5,7-8,10-15H2,1H3/t16-,17-,18+,19?,20+,21+/m0/s1. The van der Waals surface area contributed by atoms with Crippen LogP contribution in [-0.4, -0.2) is 49.6 Å². The summed E-state index contributed by atoms with van der Waals surface area (Å²) in [4.78, 5) is 11.4. The van der Waals surface area contributed by atoms with Gasteiger partial charge in [0, 0.05) is 10.3 Å². The van der Waals surface area contributed by atoms with Gasteiger partial charge in [0.15, 0.2) is 0 Å². The molecular formula is C23H37IO5. The molecule has 6 heteroatoms. The van der Waals surface area contributed by atoms with Crippen molar-refractivity contribution < 1.29 is 24.9 Å². The van der Waals surface area contributed by atoms with Crippen LogP contribution in [0.5, 0.6) is 0 Å². The number of alkyl halides is 1. The number of aliphatic hydroxyl groups is 3. The molecule has 1 unspecified atom stereocenters. The number of carbonyl (C=O) groups excluding carboxylic acids is 1. The van der Waals surface area contributed by atoms with Crippen molar-refractivity contribution in [2.24, 2.45) is 17.8 Å². The minimum absolute atomic E-state index is 0.0762. The van der Waals surface area contributed by atoms with Crippen LogP contribution in [0.4, 0.5) is 0 Å². The van der Waals surface area contributed by atoms with E-state index in [1.165, 1.54) is 25.7 Å². The summed E-state index contributed by atoms with van der Waals surface area (Å²) in [5.74, 6) is -1.76. The summed E-state index contributed by atoms with van der Waals surface area (Å²) < 4.78 is 6.38. The third-order valence-electron chi connectivity index (χ3n) is 6.51. The highest BCUT2D eigenvalue weighted by Gasteiger charge is 2.45. The zero-order valence-corrected chi connectivity index (χ0v) is 19.7. The van der Waals surface area contributed by atoms with Crippen LogP contribution in [0.15, 0.2) is 24.8 Å². The molecule has 166 valence electrons. The molecule has 1 aliphatic carbocycles. The van der Waals surface area contributed by atoms with Crippen molar-refractivity contribution >= 4 is 28.4 Å². The molecule has 1 aliphatic heterocycles. The topological polar surface area (TPSA) is 87.0 Å². The maximum absolute atomic E-state index is 11.4. The van der Waals surface area contributed by atoms with Crippen LogP contribution < -0.4 is 0 Å². The van der Waals surface area contributed by atoms with E-state index in [-0.39, 0.29) is 22.6 Å². The third-order valence-corrected chi connectivity index (χ3v) is 7.94. The van der Waals surface area contributed by atoms with E-state index in [0.717, 1.165) is 19.3 Å². The summed E-state index contributed by atoms with van der Waals surface area (Å²) in [5, 5.41) is 28.4. The number of fused-ring (bicyclic) bond motifs is 1. The van der Waals surface area contributed by atoms with Gasteiger partial charge in [0.2, 0.25) is 11.6 Å².